The van der Waals surface area contributed by atoms with E-state index in [1.165, 1.54) is 0 Å². The minimum Gasteiger partial charge on any atom is -0.385 e. The second kappa shape index (κ2) is 6.95. The first-order valence-electron chi connectivity index (χ1n) is 7.30. The molecule has 0 amide bonds. The van der Waals surface area contributed by atoms with Crippen LogP contribution in [0.4, 0.5) is 32.0 Å². The van der Waals surface area contributed by atoms with Crippen molar-refractivity contribution < 1.29 is 31.4 Å². The summed E-state index contributed by atoms with van der Waals surface area (Å²) < 4.78 is 76.7. The molecule has 25 heavy (non-hydrogen) atoms. The van der Waals surface area contributed by atoms with E-state index in [1.807, 2.05) is 30.3 Å². The summed E-state index contributed by atoms with van der Waals surface area (Å²) in [7, 11) is 0. The molecule has 0 atom stereocenters. The third-order valence-electron chi connectivity index (χ3n) is 3.71. The van der Waals surface area contributed by atoms with E-state index in [9.17, 15) is 31.4 Å². The van der Waals surface area contributed by atoms with Gasteiger partial charge in [0.2, 0.25) is 0 Å². The molecule has 0 aliphatic rings. The van der Waals surface area contributed by atoms with Crippen molar-refractivity contribution in [3.8, 4) is 0 Å². The number of hydrogen-bond donors (Lipinski definition) is 2. The minimum absolute atomic E-state index is 0.353. The van der Waals surface area contributed by atoms with Gasteiger partial charge in [-0.15, -0.1) is 0 Å². The highest BCUT2D eigenvalue weighted by molar-refractivity contribution is 5.46. The van der Waals surface area contributed by atoms with Gasteiger partial charge in [0.05, 0.1) is 0 Å². The highest BCUT2D eigenvalue weighted by Gasteiger charge is 2.71. The third-order valence-corrected chi connectivity index (χ3v) is 3.71. The highest BCUT2D eigenvalue weighted by atomic mass is 19.4. The van der Waals surface area contributed by atoms with Crippen LogP contribution in [0.1, 0.15) is 11.1 Å². The lowest BCUT2D eigenvalue weighted by Crippen LogP contribution is -2.53. The molecule has 2 aromatic rings. The molecule has 0 bridgehead atoms. The number of hydrogen-bond acceptors (Lipinski definition) is 2. The van der Waals surface area contributed by atoms with Crippen LogP contribution in [0.2, 0.25) is 0 Å². The van der Waals surface area contributed by atoms with Gasteiger partial charge in [-0.3, -0.25) is 0 Å². The van der Waals surface area contributed by atoms with Gasteiger partial charge in [0, 0.05) is 17.8 Å². The van der Waals surface area contributed by atoms with Crippen molar-refractivity contribution >= 4 is 5.69 Å². The van der Waals surface area contributed by atoms with Crippen molar-refractivity contribution in [2.45, 2.75) is 24.4 Å². The van der Waals surface area contributed by atoms with E-state index >= 15 is 0 Å². The van der Waals surface area contributed by atoms with Gasteiger partial charge < -0.3 is 10.4 Å². The fourth-order valence-corrected chi connectivity index (χ4v) is 2.31. The van der Waals surface area contributed by atoms with Crippen LogP contribution >= 0.6 is 0 Å². The number of aliphatic hydroxyl groups is 1. The first-order chi connectivity index (χ1) is 11.6. The summed E-state index contributed by atoms with van der Waals surface area (Å²) >= 11 is 0. The van der Waals surface area contributed by atoms with E-state index in [0.717, 1.165) is 17.7 Å². The fourth-order valence-electron chi connectivity index (χ4n) is 2.31. The molecule has 8 heteroatoms. The second-order valence-electron chi connectivity index (χ2n) is 5.45. The second-order valence-corrected chi connectivity index (χ2v) is 5.45. The Morgan fingerprint density at radius 3 is 1.76 bits per heavy atom. The molecule has 2 rings (SSSR count). The molecule has 0 aliphatic heterocycles. The summed E-state index contributed by atoms with van der Waals surface area (Å²) in [5.74, 6) is 0. The molecule has 0 aliphatic carbocycles. The Balaban J connectivity index is 2.10. The van der Waals surface area contributed by atoms with Crippen molar-refractivity contribution in [1.29, 1.82) is 0 Å². The Morgan fingerprint density at radius 2 is 1.28 bits per heavy atom. The van der Waals surface area contributed by atoms with Gasteiger partial charge in [0.1, 0.15) is 0 Å². The summed E-state index contributed by atoms with van der Waals surface area (Å²) in [6.45, 7) is 0.451. The standard InChI is InChI=1S/C17H15F6NO/c18-16(19,20)15(25,17(21,22)23)13-6-8-14(9-7-13)24-11-10-12-4-2-1-3-5-12/h1-9,24-25H,10-11H2. The number of halogens is 6. The van der Waals surface area contributed by atoms with E-state index in [2.05, 4.69) is 5.32 Å². The molecular formula is C17H15F6NO. The number of nitrogens with one attached hydrogen (secondary N) is 1. The van der Waals surface area contributed by atoms with Crippen LogP contribution in [-0.4, -0.2) is 24.0 Å². The molecule has 2 N–H and O–H groups in total. The van der Waals surface area contributed by atoms with Crippen LogP contribution < -0.4 is 5.32 Å². The molecule has 0 fully saturated rings. The van der Waals surface area contributed by atoms with Gasteiger partial charge in [0.25, 0.3) is 5.60 Å². The van der Waals surface area contributed by atoms with Gasteiger partial charge >= 0.3 is 12.4 Å². The van der Waals surface area contributed by atoms with Crippen LogP contribution in [0.25, 0.3) is 0 Å². The maximum atomic E-state index is 12.8. The van der Waals surface area contributed by atoms with Crippen LogP contribution in [0.3, 0.4) is 0 Å². The smallest absolute Gasteiger partial charge is 0.385 e. The number of benzene rings is 2. The predicted molar refractivity (Wildman–Crippen MR) is 81.1 cm³/mol. The molecule has 0 aromatic heterocycles. The lowest BCUT2D eigenvalue weighted by atomic mass is 9.92. The van der Waals surface area contributed by atoms with Gasteiger partial charge in [-0.1, -0.05) is 42.5 Å². The van der Waals surface area contributed by atoms with Crippen LogP contribution in [0.15, 0.2) is 54.6 Å². The Kier molecular flexibility index (Phi) is 5.31. The molecule has 2 nitrogen and oxygen atoms in total. The summed E-state index contributed by atoms with van der Waals surface area (Å²) in [6, 6.07) is 12.8. The van der Waals surface area contributed by atoms with E-state index in [-0.39, 0.29) is 0 Å². The van der Waals surface area contributed by atoms with Crippen LogP contribution in [-0.2, 0) is 12.0 Å². The van der Waals surface area contributed by atoms with Crippen LogP contribution in [0, 0.1) is 0 Å². The number of alkyl halides is 6. The molecule has 0 radical (unpaired) electrons. The lowest BCUT2D eigenvalue weighted by molar-refractivity contribution is -0.376. The average Bonchev–Trinajstić information content (AvgIpc) is 2.54. The zero-order valence-corrected chi connectivity index (χ0v) is 12.8. The summed E-state index contributed by atoms with van der Waals surface area (Å²) in [5, 5.41) is 12.2. The maximum absolute atomic E-state index is 12.8. The van der Waals surface area contributed by atoms with Gasteiger partial charge in [-0.2, -0.15) is 26.3 Å². The quantitative estimate of drug-likeness (QED) is 0.758. The Hall–Kier alpha value is -2.22. The average molecular weight is 363 g/mol. The molecule has 2 aromatic carbocycles. The van der Waals surface area contributed by atoms with Crippen molar-refractivity contribution in [2.75, 3.05) is 11.9 Å². The monoisotopic (exact) mass is 363 g/mol. The Labute approximate surface area is 140 Å². The lowest BCUT2D eigenvalue weighted by Gasteiger charge is -2.32. The van der Waals surface area contributed by atoms with E-state index in [0.29, 0.717) is 30.8 Å². The van der Waals surface area contributed by atoms with Gasteiger partial charge in [-0.25, -0.2) is 0 Å². The summed E-state index contributed by atoms with van der Waals surface area (Å²) in [4.78, 5) is 0. The zero-order chi connectivity index (χ0) is 18.7. The normalized spacial score (nSPS) is 12.9. The molecule has 0 saturated carbocycles. The number of anilines is 1. The molecule has 0 saturated heterocycles. The van der Waals surface area contributed by atoms with E-state index in [4.69, 9.17) is 0 Å². The maximum Gasteiger partial charge on any atom is 0.430 e. The van der Waals surface area contributed by atoms with Gasteiger partial charge in [0.15, 0.2) is 0 Å². The van der Waals surface area contributed by atoms with Crippen molar-refractivity contribution in [3.63, 3.8) is 0 Å². The van der Waals surface area contributed by atoms with Gasteiger partial charge in [-0.05, 0) is 24.1 Å². The van der Waals surface area contributed by atoms with Crippen molar-refractivity contribution in [3.05, 3.63) is 65.7 Å². The Morgan fingerprint density at radius 1 is 0.760 bits per heavy atom. The predicted octanol–water partition coefficient (Wildman–Crippen LogP) is 4.65. The number of rotatable bonds is 5. The highest BCUT2D eigenvalue weighted by Crippen LogP contribution is 2.50. The molecule has 0 heterocycles. The zero-order valence-electron chi connectivity index (χ0n) is 12.8. The molecule has 0 unspecified atom stereocenters. The molecular weight excluding hydrogens is 348 g/mol. The molecule has 136 valence electrons. The summed E-state index contributed by atoms with van der Waals surface area (Å²) in [6.07, 6.45) is -11.1. The van der Waals surface area contributed by atoms with Crippen molar-refractivity contribution in [2.24, 2.45) is 0 Å². The SMILES string of the molecule is OC(c1ccc(NCCc2ccccc2)cc1)(C(F)(F)F)C(F)(F)F. The van der Waals surface area contributed by atoms with Crippen LogP contribution in [0.5, 0.6) is 0 Å². The third kappa shape index (κ3) is 4.07. The van der Waals surface area contributed by atoms with Crippen molar-refractivity contribution in [1.82, 2.24) is 0 Å². The largest absolute Gasteiger partial charge is 0.430 e. The van der Waals surface area contributed by atoms with E-state index in [1.54, 1.807) is 0 Å². The topological polar surface area (TPSA) is 32.3 Å². The Bertz CT molecular complexity index is 665. The summed E-state index contributed by atoms with van der Waals surface area (Å²) in [5.41, 5.74) is -4.79. The van der Waals surface area contributed by atoms with E-state index < -0.39 is 23.5 Å². The first-order valence-corrected chi connectivity index (χ1v) is 7.30. The minimum atomic E-state index is -5.88. The first kappa shape index (κ1) is 19.1. The molecule has 0 spiro atoms. The fraction of sp³-hybridized carbons (Fsp3) is 0.294.